The molecule has 2 fully saturated rings. The molecule has 154 valence electrons. The van der Waals surface area contributed by atoms with Gasteiger partial charge in [-0.25, -0.2) is 9.02 Å². The number of carbonyl (C=O) groups excluding carboxylic acids is 2. The standard InChI is InChI=1S/C21H20FN5O3/c22-16-4-2-1-3-15(16)13-27-19(28)12-23-21(27)7-9-26(10-8-21)20(29)14-5-6-17-18(11-14)25-30-24-17/h1-6,11,23H,7-10,12-13H2. The number of nitrogens with zero attached hydrogens (tertiary/aromatic N) is 4. The summed E-state index contributed by atoms with van der Waals surface area (Å²) in [5.41, 5.74) is 1.58. The molecule has 8 nitrogen and oxygen atoms in total. The van der Waals surface area contributed by atoms with Crippen LogP contribution in [-0.2, 0) is 11.3 Å². The molecule has 0 unspecified atom stereocenters. The lowest BCUT2D eigenvalue weighted by molar-refractivity contribution is -0.132. The number of carbonyl (C=O) groups is 2. The average molecular weight is 409 g/mol. The van der Waals surface area contributed by atoms with Gasteiger partial charge in [-0.15, -0.1) is 0 Å². The normalized spacial score (nSPS) is 18.5. The van der Waals surface area contributed by atoms with Gasteiger partial charge in [0.1, 0.15) is 16.9 Å². The van der Waals surface area contributed by atoms with Crippen molar-refractivity contribution in [2.24, 2.45) is 0 Å². The van der Waals surface area contributed by atoms with Crippen molar-refractivity contribution in [3.8, 4) is 0 Å². The van der Waals surface area contributed by atoms with E-state index in [9.17, 15) is 14.0 Å². The van der Waals surface area contributed by atoms with Gasteiger partial charge >= 0.3 is 0 Å². The van der Waals surface area contributed by atoms with Crippen LogP contribution in [0.25, 0.3) is 11.0 Å². The zero-order valence-corrected chi connectivity index (χ0v) is 16.2. The number of amides is 2. The molecule has 0 aliphatic carbocycles. The molecule has 0 saturated carbocycles. The van der Waals surface area contributed by atoms with E-state index in [-0.39, 0.29) is 30.7 Å². The zero-order valence-electron chi connectivity index (χ0n) is 16.2. The van der Waals surface area contributed by atoms with Gasteiger partial charge in [-0.05, 0) is 34.6 Å². The molecule has 9 heteroatoms. The van der Waals surface area contributed by atoms with Crippen molar-refractivity contribution in [2.75, 3.05) is 19.6 Å². The van der Waals surface area contributed by atoms with Gasteiger partial charge in [-0.3, -0.25) is 14.9 Å². The summed E-state index contributed by atoms with van der Waals surface area (Å²) in [5, 5.41) is 10.9. The molecule has 1 aromatic heterocycles. The van der Waals surface area contributed by atoms with Crippen molar-refractivity contribution in [1.82, 2.24) is 25.4 Å². The molecule has 2 aromatic carbocycles. The molecular weight excluding hydrogens is 389 g/mol. The fourth-order valence-corrected chi connectivity index (χ4v) is 4.33. The van der Waals surface area contributed by atoms with E-state index in [2.05, 4.69) is 15.6 Å². The highest BCUT2D eigenvalue weighted by Crippen LogP contribution is 2.32. The second-order valence-electron chi connectivity index (χ2n) is 7.72. The Morgan fingerprint density at radius 2 is 1.90 bits per heavy atom. The SMILES string of the molecule is O=C(c1ccc2nonc2c1)N1CCC2(CC1)NCC(=O)N2Cc1ccccc1F. The van der Waals surface area contributed by atoms with Crippen molar-refractivity contribution < 1.29 is 18.6 Å². The predicted molar refractivity (Wildman–Crippen MR) is 105 cm³/mol. The van der Waals surface area contributed by atoms with Crippen LogP contribution in [0.15, 0.2) is 47.1 Å². The van der Waals surface area contributed by atoms with Gasteiger partial charge in [-0.1, -0.05) is 18.2 Å². The van der Waals surface area contributed by atoms with Crippen LogP contribution in [0.1, 0.15) is 28.8 Å². The Balaban J connectivity index is 1.31. The van der Waals surface area contributed by atoms with Crippen molar-refractivity contribution in [2.45, 2.75) is 25.0 Å². The first-order valence-electron chi connectivity index (χ1n) is 9.86. The molecule has 2 aliphatic rings. The quantitative estimate of drug-likeness (QED) is 0.711. The summed E-state index contributed by atoms with van der Waals surface area (Å²) in [6.07, 6.45) is 1.15. The number of halogens is 1. The summed E-state index contributed by atoms with van der Waals surface area (Å²) < 4.78 is 18.8. The molecule has 0 bridgehead atoms. The molecule has 0 radical (unpaired) electrons. The third-order valence-electron chi connectivity index (χ3n) is 6.05. The van der Waals surface area contributed by atoms with Crippen LogP contribution in [0, 0.1) is 5.82 Å². The minimum atomic E-state index is -0.559. The molecule has 2 amide bonds. The van der Waals surface area contributed by atoms with E-state index >= 15 is 0 Å². The molecular formula is C21H20FN5O3. The van der Waals surface area contributed by atoms with Crippen LogP contribution in [0.4, 0.5) is 4.39 Å². The van der Waals surface area contributed by atoms with E-state index in [1.54, 1.807) is 46.2 Å². The number of hydrogen-bond acceptors (Lipinski definition) is 6. The van der Waals surface area contributed by atoms with E-state index in [0.717, 1.165) is 0 Å². The Hall–Kier alpha value is -3.33. The maximum Gasteiger partial charge on any atom is 0.253 e. The van der Waals surface area contributed by atoms with Crippen LogP contribution < -0.4 is 5.32 Å². The van der Waals surface area contributed by atoms with Gasteiger partial charge in [0.15, 0.2) is 0 Å². The van der Waals surface area contributed by atoms with E-state index in [1.807, 2.05) is 0 Å². The summed E-state index contributed by atoms with van der Waals surface area (Å²) in [6.45, 7) is 1.41. The Bertz CT molecular complexity index is 1120. The highest BCUT2D eigenvalue weighted by molar-refractivity contribution is 5.97. The summed E-state index contributed by atoms with van der Waals surface area (Å²) >= 11 is 0. The first-order chi connectivity index (χ1) is 14.6. The average Bonchev–Trinajstić information content (AvgIpc) is 3.35. The van der Waals surface area contributed by atoms with Crippen molar-refractivity contribution in [3.63, 3.8) is 0 Å². The molecule has 30 heavy (non-hydrogen) atoms. The maximum absolute atomic E-state index is 14.1. The van der Waals surface area contributed by atoms with E-state index in [0.29, 0.717) is 48.1 Å². The molecule has 3 heterocycles. The third kappa shape index (κ3) is 3.11. The first-order valence-corrected chi connectivity index (χ1v) is 9.86. The van der Waals surface area contributed by atoms with Gasteiger partial charge in [0.05, 0.1) is 18.8 Å². The number of aromatic nitrogens is 2. The summed E-state index contributed by atoms with van der Waals surface area (Å²) in [4.78, 5) is 29.0. The summed E-state index contributed by atoms with van der Waals surface area (Å²) in [5.74, 6) is -0.473. The highest BCUT2D eigenvalue weighted by atomic mass is 19.1. The molecule has 0 atom stereocenters. The second-order valence-corrected chi connectivity index (χ2v) is 7.72. The van der Waals surface area contributed by atoms with Gasteiger partial charge in [-0.2, -0.15) is 0 Å². The van der Waals surface area contributed by atoms with Gasteiger partial charge in [0.2, 0.25) is 5.91 Å². The van der Waals surface area contributed by atoms with E-state index in [1.165, 1.54) is 6.07 Å². The third-order valence-corrected chi connectivity index (χ3v) is 6.05. The lowest BCUT2D eigenvalue weighted by Crippen LogP contribution is -2.59. The Labute approximate surface area is 171 Å². The van der Waals surface area contributed by atoms with Gasteiger partial charge in [0.25, 0.3) is 5.91 Å². The Kier molecular flexibility index (Phi) is 4.47. The van der Waals surface area contributed by atoms with Crippen molar-refractivity contribution >= 4 is 22.8 Å². The number of piperidine rings is 1. The van der Waals surface area contributed by atoms with Crippen LogP contribution in [-0.4, -0.2) is 57.2 Å². The molecule has 2 aliphatic heterocycles. The fourth-order valence-electron chi connectivity index (χ4n) is 4.33. The van der Waals surface area contributed by atoms with Crippen LogP contribution in [0.3, 0.4) is 0 Å². The summed E-state index contributed by atoms with van der Waals surface area (Å²) in [7, 11) is 0. The van der Waals surface area contributed by atoms with Crippen LogP contribution in [0.2, 0.25) is 0 Å². The lowest BCUT2D eigenvalue weighted by Gasteiger charge is -2.44. The topological polar surface area (TPSA) is 91.6 Å². The number of benzene rings is 2. The lowest BCUT2D eigenvalue weighted by atomic mass is 9.94. The minimum absolute atomic E-state index is 0.0537. The molecule has 3 aromatic rings. The molecule has 2 saturated heterocycles. The Morgan fingerprint density at radius 3 is 2.70 bits per heavy atom. The van der Waals surface area contributed by atoms with E-state index < -0.39 is 5.66 Å². The minimum Gasteiger partial charge on any atom is -0.338 e. The van der Waals surface area contributed by atoms with Crippen LogP contribution >= 0.6 is 0 Å². The first kappa shape index (κ1) is 18.7. The molecule has 1 N–H and O–H groups in total. The van der Waals surface area contributed by atoms with Crippen LogP contribution in [0.5, 0.6) is 0 Å². The number of hydrogen-bond donors (Lipinski definition) is 1. The Morgan fingerprint density at radius 1 is 1.13 bits per heavy atom. The number of nitrogens with one attached hydrogen (secondary N) is 1. The van der Waals surface area contributed by atoms with Gasteiger partial charge in [0, 0.05) is 37.1 Å². The molecule has 5 rings (SSSR count). The fraction of sp³-hybridized carbons (Fsp3) is 0.333. The number of fused-ring (bicyclic) bond motifs is 1. The number of likely N-dealkylation sites (tertiary alicyclic amines) is 1. The monoisotopic (exact) mass is 409 g/mol. The highest BCUT2D eigenvalue weighted by Gasteiger charge is 2.47. The second kappa shape index (κ2) is 7.17. The molecule has 1 spiro atoms. The zero-order chi connectivity index (χ0) is 20.7. The van der Waals surface area contributed by atoms with Crippen molar-refractivity contribution in [1.29, 1.82) is 0 Å². The smallest absolute Gasteiger partial charge is 0.253 e. The van der Waals surface area contributed by atoms with Crippen molar-refractivity contribution in [3.05, 3.63) is 59.4 Å². The number of rotatable bonds is 3. The maximum atomic E-state index is 14.1. The predicted octanol–water partition coefficient (Wildman–Crippen LogP) is 1.93. The van der Waals surface area contributed by atoms with Gasteiger partial charge < -0.3 is 9.80 Å². The largest absolute Gasteiger partial charge is 0.338 e. The van der Waals surface area contributed by atoms with E-state index in [4.69, 9.17) is 4.63 Å². The summed E-state index contributed by atoms with van der Waals surface area (Å²) in [6, 6.07) is 11.6.